The molecule has 2 aromatic carbocycles. The van der Waals surface area contributed by atoms with E-state index in [0.29, 0.717) is 24.0 Å². The van der Waals surface area contributed by atoms with Crippen LogP contribution in [0.1, 0.15) is 25.7 Å². The molecule has 0 atom stereocenters. The van der Waals surface area contributed by atoms with E-state index in [9.17, 15) is 13.2 Å². The minimum Gasteiger partial charge on any atom is -0.343 e. The second kappa shape index (κ2) is 10.4. The summed E-state index contributed by atoms with van der Waals surface area (Å²) in [6.45, 7) is 2.32. The maximum absolute atomic E-state index is 12.8. The van der Waals surface area contributed by atoms with Crippen molar-refractivity contribution in [2.75, 3.05) is 25.9 Å². The number of hydrogen-bond acceptors (Lipinski definition) is 5. The van der Waals surface area contributed by atoms with E-state index >= 15 is 0 Å². The Bertz CT molecular complexity index is 1310. The summed E-state index contributed by atoms with van der Waals surface area (Å²) in [5.74, 6) is 0.313. The van der Waals surface area contributed by atoms with Crippen molar-refractivity contribution in [2.24, 2.45) is 10.9 Å². The highest BCUT2D eigenvalue weighted by molar-refractivity contribution is 7.91. The molecule has 3 aromatic rings. The van der Waals surface area contributed by atoms with Crippen LogP contribution in [0.3, 0.4) is 0 Å². The first-order chi connectivity index (χ1) is 15.9. The van der Waals surface area contributed by atoms with E-state index in [1.54, 1.807) is 47.7 Å². The SMILES string of the molecule is C/N=c1\sccn1CCC1CCN(C(=O)CCS(=O)(=O)c2ccc3cc(Cl)ccc3c2)CC1. The molecule has 1 aliphatic heterocycles. The van der Waals surface area contributed by atoms with Gasteiger partial charge in [-0.05, 0) is 60.2 Å². The van der Waals surface area contributed by atoms with Crippen LogP contribution in [0.15, 0.2) is 57.9 Å². The van der Waals surface area contributed by atoms with E-state index in [-0.39, 0.29) is 23.0 Å². The lowest BCUT2D eigenvalue weighted by molar-refractivity contribution is -0.132. The van der Waals surface area contributed by atoms with Gasteiger partial charge in [0.05, 0.1) is 10.6 Å². The summed E-state index contributed by atoms with van der Waals surface area (Å²) in [7, 11) is -1.73. The number of rotatable bonds is 7. The second-order valence-electron chi connectivity index (χ2n) is 8.44. The number of aromatic nitrogens is 1. The number of carbonyl (C=O) groups is 1. The molecule has 0 aliphatic carbocycles. The van der Waals surface area contributed by atoms with Gasteiger partial charge in [-0.2, -0.15) is 0 Å². The molecule has 4 rings (SSSR count). The number of halogens is 1. The number of benzene rings is 2. The molecule has 0 radical (unpaired) electrons. The third-order valence-corrected chi connectivity index (χ3v) is 9.15. The first-order valence-corrected chi connectivity index (χ1v) is 14.0. The third kappa shape index (κ3) is 5.86. The summed E-state index contributed by atoms with van der Waals surface area (Å²) in [6.07, 6.45) is 5.05. The van der Waals surface area contributed by atoms with E-state index in [4.69, 9.17) is 11.6 Å². The number of thiazole rings is 1. The fourth-order valence-electron chi connectivity index (χ4n) is 4.33. The van der Waals surface area contributed by atoms with Crippen molar-refractivity contribution in [1.29, 1.82) is 0 Å². The van der Waals surface area contributed by atoms with Crippen molar-refractivity contribution in [1.82, 2.24) is 9.47 Å². The number of amides is 1. The topological polar surface area (TPSA) is 71.7 Å². The third-order valence-electron chi connectivity index (χ3n) is 6.31. The number of sulfone groups is 1. The zero-order chi connectivity index (χ0) is 23.4. The van der Waals surface area contributed by atoms with Gasteiger partial charge in [0.2, 0.25) is 5.91 Å². The fraction of sp³-hybridized carbons (Fsp3) is 0.417. The molecule has 9 heteroatoms. The van der Waals surface area contributed by atoms with Crippen molar-refractivity contribution in [3.8, 4) is 0 Å². The van der Waals surface area contributed by atoms with Crippen molar-refractivity contribution in [2.45, 2.75) is 37.1 Å². The van der Waals surface area contributed by atoms with E-state index in [2.05, 4.69) is 15.8 Å². The molecule has 0 unspecified atom stereocenters. The minimum atomic E-state index is -3.54. The monoisotopic (exact) mass is 505 g/mol. The van der Waals surface area contributed by atoms with Crippen LogP contribution >= 0.6 is 22.9 Å². The second-order valence-corrected chi connectivity index (χ2v) is 11.9. The first-order valence-electron chi connectivity index (χ1n) is 11.1. The van der Waals surface area contributed by atoms with Crippen LogP contribution in [0.5, 0.6) is 0 Å². The molecule has 1 amide bonds. The molecule has 1 aromatic heterocycles. The maximum Gasteiger partial charge on any atom is 0.223 e. The summed E-state index contributed by atoms with van der Waals surface area (Å²) in [5.41, 5.74) is 0. The maximum atomic E-state index is 12.8. The lowest BCUT2D eigenvalue weighted by atomic mass is 9.93. The van der Waals surface area contributed by atoms with Gasteiger partial charge in [0.1, 0.15) is 0 Å². The Morgan fingerprint density at radius 3 is 2.64 bits per heavy atom. The summed E-state index contributed by atoms with van der Waals surface area (Å²) in [5, 5.41) is 4.36. The molecule has 33 heavy (non-hydrogen) atoms. The predicted molar refractivity (Wildman–Crippen MR) is 133 cm³/mol. The molecule has 0 N–H and O–H groups in total. The molecular weight excluding hydrogens is 478 g/mol. The average molecular weight is 506 g/mol. The van der Waals surface area contributed by atoms with Gasteiger partial charge in [0.15, 0.2) is 14.6 Å². The summed E-state index contributed by atoms with van der Waals surface area (Å²) in [6, 6.07) is 10.3. The van der Waals surface area contributed by atoms with Crippen LogP contribution in [0.4, 0.5) is 0 Å². The van der Waals surface area contributed by atoms with Gasteiger partial charge >= 0.3 is 0 Å². The number of nitrogens with zero attached hydrogens (tertiary/aromatic N) is 3. The van der Waals surface area contributed by atoms with E-state index in [1.165, 1.54) is 0 Å². The zero-order valence-corrected chi connectivity index (χ0v) is 21.0. The van der Waals surface area contributed by atoms with Crippen molar-refractivity contribution in [3.63, 3.8) is 0 Å². The Balaban J connectivity index is 1.28. The highest BCUT2D eigenvalue weighted by Crippen LogP contribution is 2.25. The van der Waals surface area contributed by atoms with Crippen molar-refractivity contribution in [3.05, 3.63) is 57.8 Å². The van der Waals surface area contributed by atoms with E-state index in [0.717, 1.165) is 41.4 Å². The summed E-state index contributed by atoms with van der Waals surface area (Å²) < 4.78 is 27.8. The molecule has 1 saturated heterocycles. The van der Waals surface area contributed by atoms with Crippen LogP contribution in [-0.4, -0.2) is 49.7 Å². The van der Waals surface area contributed by atoms with Crippen LogP contribution in [-0.2, 0) is 21.2 Å². The largest absolute Gasteiger partial charge is 0.343 e. The van der Waals surface area contributed by atoms with Crippen LogP contribution < -0.4 is 4.80 Å². The Hall–Kier alpha value is -2.16. The first kappa shape index (κ1) is 24.0. The van der Waals surface area contributed by atoms with Gasteiger partial charge in [0, 0.05) is 49.7 Å². The molecule has 176 valence electrons. The number of piperidine rings is 1. The van der Waals surface area contributed by atoms with Crippen LogP contribution in [0.2, 0.25) is 5.02 Å². The minimum absolute atomic E-state index is 0.0117. The quantitative estimate of drug-likeness (QED) is 0.478. The lowest BCUT2D eigenvalue weighted by Gasteiger charge is -2.32. The Morgan fingerprint density at radius 1 is 1.15 bits per heavy atom. The highest BCUT2D eigenvalue weighted by atomic mass is 35.5. The van der Waals surface area contributed by atoms with Gasteiger partial charge in [-0.15, -0.1) is 11.3 Å². The fourth-order valence-corrected chi connectivity index (χ4v) is 6.49. The van der Waals surface area contributed by atoms with Crippen LogP contribution in [0.25, 0.3) is 10.8 Å². The number of likely N-dealkylation sites (tertiary alicyclic amines) is 1. The van der Waals surface area contributed by atoms with E-state index < -0.39 is 9.84 Å². The Labute approximate surface area is 203 Å². The normalized spacial score (nSPS) is 15.9. The molecule has 6 nitrogen and oxygen atoms in total. The number of carbonyl (C=O) groups excluding carboxylic acids is 1. The van der Waals surface area contributed by atoms with Crippen molar-refractivity contribution < 1.29 is 13.2 Å². The standard InChI is InChI=1S/C24H28ClN3O3S2/c1-26-24-28(13-14-32-24)12-8-18-6-10-27(11-7-18)23(29)9-15-33(30,31)22-5-3-19-16-21(25)4-2-20(19)17-22/h2-5,13-14,16-18H,6-12,15H2,1H3/b26-24-. The van der Waals surface area contributed by atoms with Crippen molar-refractivity contribution >= 4 is 49.5 Å². The lowest BCUT2D eigenvalue weighted by Crippen LogP contribution is -2.39. The van der Waals surface area contributed by atoms with Crippen LogP contribution in [0, 0.1) is 5.92 Å². The number of fused-ring (bicyclic) bond motifs is 1. The van der Waals surface area contributed by atoms with Gasteiger partial charge in [-0.1, -0.05) is 23.7 Å². The predicted octanol–water partition coefficient (Wildman–Crippen LogP) is 4.38. The molecule has 0 saturated carbocycles. The number of hydrogen-bond donors (Lipinski definition) is 0. The van der Waals surface area contributed by atoms with Gasteiger partial charge in [-0.25, -0.2) is 8.42 Å². The Kier molecular flexibility index (Phi) is 7.56. The zero-order valence-electron chi connectivity index (χ0n) is 18.6. The molecule has 1 fully saturated rings. The molecule has 0 spiro atoms. The molecule has 2 heterocycles. The highest BCUT2D eigenvalue weighted by Gasteiger charge is 2.24. The molecule has 0 bridgehead atoms. The summed E-state index contributed by atoms with van der Waals surface area (Å²) >= 11 is 7.64. The van der Waals surface area contributed by atoms with Gasteiger partial charge < -0.3 is 9.47 Å². The van der Waals surface area contributed by atoms with Gasteiger partial charge in [0.25, 0.3) is 0 Å². The Morgan fingerprint density at radius 2 is 1.88 bits per heavy atom. The van der Waals surface area contributed by atoms with E-state index in [1.807, 2.05) is 17.3 Å². The van der Waals surface area contributed by atoms with Gasteiger partial charge in [-0.3, -0.25) is 9.79 Å². The summed E-state index contributed by atoms with van der Waals surface area (Å²) in [4.78, 5) is 20.1. The smallest absolute Gasteiger partial charge is 0.223 e. The molecular formula is C24H28ClN3O3S2. The number of aryl methyl sites for hydroxylation is 1. The molecule has 1 aliphatic rings. The average Bonchev–Trinajstić information content (AvgIpc) is 3.29.